The highest BCUT2D eigenvalue weighted by molar-refractivity contribution is 5.18. The van der Waals surface area contributed by atoms with Gasteiger partial charge in [-0.2, -0.15) is 0 Å². The maximum Gasteiger partial charge on any atom is 0.0574 e. The van der Waals surface area contributed by atoms with Crippen LogP contribution in [0, 0.1) is 5.92 Å². The van der Waals surface area contributed by atoms with E-state index in [1.165, 1.54) is 37.7 Å². The summed E-state index contributed by atoms with van der Waals surface area (Å²) in [6, 6.07) is 10.5. The van der Waals surface area contributed by atoms with E-state index in [2.05, 4.69) is 31.2 Å². The van der Waals surface area contributed by atoms with E-state index in [1.807, 2.05) is 6.07 Å². The van der Waals surface area contributed by atoms with Gasteiger partial charge in [0.2, 0.25) is 0 Å². The fourth-order valence-electron chi connectivity index (χ4n) is 2.99. The van der Waals surface area contributed by atoms with Gasteiger partial charge in [0.05, 0.1) is 6.10 Å². The van der Waals surface area contributed by atoms with Crippen molar-refractivity contribution in [1.29, 1.82) is 0 Å². The molecule has 0 heterocycles. The second-order valence-electron chi connectivity index (χ2n) is 5.51. The van der Waals surface area contributed by atoms with E-state index < -0.39 is 0 Å². The Hall–Kier alpha value is -0.820. The molecule has 0 spiro atoms. The maximum absolute atomic E-state index is 10.3. The first-order valence-electron chi connectivity index (χ1n) is 7.00. The van der Waals surface area contributed by atoms with E-state index in [0.717, 1.165) is 6.42 Å². The molecule has 1 saturated carbocycles. The minimum Gasteiger partial charge on any atom is -0.393 e. The van der Waals surface area contributed by atoms with Gasteiger partial charge in [0, 0.05) is 0 Å². The standard InChI is InChI=1S/C16H24O/c1-13(14-8-4-2-5-9-14)12-16(17)15-10-6-3-7-11-15/h2,4-5,8-9,13,15-17H,3,6-7,10-12H2,1H3/t13-,16-/m1/s1. The Balaban J connectivity index is 1.87. The van der Waals surface area contributed by atoms with Crippen molar-refractivity contribution in [2.45, 2.75) is 57.5 Å². The van der Waals surface area contributed by atoms with Gasteiger partial charge >= 0.3 is 0 Å². The summed E-state index contributed by atoms with van der Waals surface area (Å²) in [4.78, 5) is 0. The summed E-state index contributed by atoms with van der Waals surface area (Å²) in [5.41, 5.74) is 1.35. The zero-order chi connectivity index (χ0) is 12.1. The van der Waals surface area contributed by atoms with Crippen LogP contribution in [0.5, 0.6) is 0 Å². The van der Waals surface area contributed by atoms with E-state index in [4.69, 9.17) is 0 Å². The highest BCUT2D eigenvalue weighted by Gasteiger charge is 2.23. The quantitative estimate of drug-likeness (QED) is 0.828. The molecule has 0 aliphatic heterocycles. The Morgan fingerprint density at radius 1 is 1.12 bits per heavy atom. The third-order valence-corrected chi connectivity index (χ3v) is 4.16. The second-order valence-corrected chi connectivity index (χ2v) is 5.51. The van der Waals surface area contributed by atoms with Crippen LogP contribution < -0.4 is 0 Å². The molecule has 1 aromatic rings. The molecule has 0 aromatic heterocycles. The largest absolute Gasteiger partial charge is 0.393 e. The number of aliphatic hydroxyl groups excluding tert-OH is 1. The molecule has 1 aliphatic carbocycles. The normalized spacial score (nSPS) is 21.1. The molecule has 1 nitrogen and oxygen atoms in total. The van der Waals surface area contributed by atoms with Crippen LogP contribution in [0.3, 0.4) is 0 Å². The van der Waals surface area contributed by atoms with Crippen molar-refractivity contribution < 1.29 is 5.11 Å². The number of benzene rings is 1. The summed E-state index contributed by atoms with van der Waals surface area (Å²) >= 11 is 0. The Morgan fingerprint density at radius 2 is 1.76 bits per heavy atom. The van der Waals surface area contributed by atoms with Crippen LogP contribution in [-0.4, -0.2) is 11.2 Å². The molecule has 1 heteroatoms. The second kappa shape index (κ2) is 6.20. The average Bonchev–Trinajstić information content (AvgIpc) is 2.40. The van der Waals surface area contributed by atoms with Crippen molar-refractivity contribution in [2.75, 3.05) is 0 Å². The van der Waals surface area contributed by atoms with E-state index in [-0.39, 0.29) is 6.10 Å². The first kappa shape index (κ1) is 12.6. The molecular weight excluding hydrogens is 208 g/mol. The van der Waals surface area contributed by atoms with Crippen LogP contribution in [0.2, 0.25) is 0 Å². The van der Waals surface area contributed by atoms with Crippen molar-refractivity contribution >= 4 is 0 Å². The van der Waals surface area contributed by atoms with E-state index in [0.29, 0.717) is 11.8 Å². The molecule has 2 atom stereocenters. The predicted molar refractivity (Wildman–Crippen MR) is 72.1 cm³/mol. The van der Waals surface area contributed by atoms with Crippen LogP contribution in [0.1, 0.15) is 56.9 Å². The number of rotatable bonds is 4. The smallest absolute Gasteiger partial charge is 0.0574 e. The Labute approximate surface area is 105 Å². The van der Waals surface area contributed by atoms with Gasteiger partial charge in [0.25, 0.3) is 0 Å². The van der Waals surface area contributed by atoms with Crippen molar-refractivity contribution in [3.63, 3.8) is 0 Å². The Morgan fingerprint density at radius 3 is 2.41 bits per heavy atom. The average molecular weight is 232 g/mol. The lowest BCUT2D eigenvalue weighted by molar-refractivity contribution is 0.0721. The van der Waals surface area contributed by atoms with Gasteiger partial charge < -0.3 is 5.11 Å². The maximum atomic E-state index is 10.3. The minimum atomic E-state index is -0.106. The van der Waals surface area contributed by atoms with Crippen molar-refractivity contribution in [3.8, 4) is 0 Å². The lowest BCUT2D eigenvalue weighted by atomic mass is 9.81. The predicted octanol–water partition coefficient (Wildman–Crippen LogP) is 4.12. The van der Waals surface area contributed by atoms with Gasteiger partial charge in [-0.3, -0.25) is 0 Å². The van der Waals surface area contributed by atoms with Crippen LogP contribution in [0.15, 0.2) is 30.3 Å². The first-order chi connectivity index (χ1) is 8.27. The molecule has 1 aromatic carbocycles. The van der Waals surface area contributed by atoms with E-state index >= 15 is 0 Å². The lowest BCUT2D eigenvalue weighted by Gasteiger charge is -2.28. The fourth-order valence-corrected chi connectivity index (χ4v) is 2.99. The van der Waals surface area contributed by atoms with Crippen molar-refractivity contribution in [3.05, 3.63) is 35.9 Å². The van der Waals surface area contributed by atoms with Crippen LogP contribution >= 0.6 is 0 Å². The van der Waals surface area contributed by atoms with E-state index in [9.17, 15) is 5.11 Å². The molecule has 1 fully saturated rings. The van der Waals surface area contributed by atoms with Gasteiger partial charge in [0.15, 0.2) is 0 Å². The zero-order valence-electron chi connectivity index (χ0n) is 10.8. The SMILES string of the molecule is C[C@H](C[C@@H](O)C1CCCCC1)c1ccccc1. The molecule has 0 bridgehead atoms. The van der Waals surface area contributed by atoms with Gasteiger partial charge in [-0.15, -0.1) is 0 Å². The summed E-state index contributed by atoms with van der Waals surface area (Å²) in [5.74, 6) is 1.02. The molecule has 17 heavy (non-hydrogen) atoms. The molecule has 1 aliphatic rings. The zero-order valence-corrected chi connectivity index (χ0v) is 10.8. The van der Waals surface area contributed by atoms with Gasteiger partial charge in [0.1, 0.15) is 0 Å². The van der Waals surface area contributed by atoms with Crippen LogP contribution in [-0.2, 0) is 0 Å². The topological polar surface area (TPSA) is 20.2 Å². The Kier molecular flexibility index (Phi) is 4.61. The van der Waals surface area contributed by atoms with Gasteiger partial charge in [-0.25, -0.2) is 0 Å². The molecule has 2 rings (SSSR count). The third-order valence-electron chi connectivity index (χ3n) is 4.16. The molecule has 94 valence electrons. The van der Waals surface area contributed by atoms with Crippen LogP contribution in [0.4, 0.5) is 0 Å². The van der Waals surface area contributed by atoms with Crippen molar-refractivity contribution in [1.82, 2.24) is 0 Å². The summed E-state index contributed by atoms with van der Waals surface area (Å²) in [6.07, 6.45) is 7.23. The monoisotopic (exact) mass is 232 g/mol. The molecule has 0 amide bonds. The summed E-state index contributed by atoms with van der Waals surface area (Å²) in [6.45, 7) is 2.22. The molecule has 1 N–H and O–H groups in total. The molecule has 0 saturated heterocycles. The number of aliphatic hydroxyl groups is 1. The van der Waals surface area contributed by atoms with Gasteiger partial charge in [-0.05, 0) is 36.7 Å². The molecular formula is C16H24O. The fraction of sp³-hybridized carbons (Fsp3) is 0.625. The third kappa shape index (κ3) is 3.57. The summed E-state index contributed by atoms with van der Waals surface area (Å²) in [5, 5.41) is 10.3. The van der Waals surface area contributed by atoms with Gasteiger partial charge in [-0.1, -0.05) is 56.5 Å². The van der Waals surface area contributed by atoms with E-state index in [1.54, 1.807) is 0 Å². The first-order valence-corrected chi connectivity index (χ1v) is 7.00. The number of hydrogen-bond acceptors (Lipinski definition) is 1. The highest BCUT2D eigenvalue weighted by Crippen LogP contribution is 2.31. The molecule has 0 unspecified atom stereocenters. The van der Waals surface area contributed by atoms with Crippen molar-refractivity contribution in [2.24, 2.45) is 5.92 Å². The Bertz CT molecular complexity index is 314. The minimum absolute atomic E-state index is 0.106. The summed E-state index contributed by atoms with van der Waals surface area (Å²) < 4.78 is 0. The summed E-state index contributed by atoms with van der Waals surface area (Å²) in [7, 11) is 0. The molecule has 0 radical (unpaired) electrons. The van der Waals surface area contributed by atoms with Crippen LogP contribution in [0.25, 0.3) is 0 Å². The highest BCUT2D eigenvalue weighted by atomic mass is 16.3. The lowest BCUT2D eigenvalue weighted by Crippen LogP contribution is -2.24. The number of hydrogen-bond donors (Lipinski definition) is 1.